The van der Waals surface area contributed by atoms with Gasteiger partial charge in [0.05, 0.1) is 19.8 Å². The number of ketones is 1. The largest absolute Gasteiger partial charge is 0.497 e. The van der Waals surface area contributed by atoms with Gasteiger partial charge in [-0.15, -0.1) is 0 Å². The predicted molar refractivity (Wildman–Crippen MR) is 131 cm³/mol. The summed E-state index contributed by atoms with van der Waals surface area (Å²) < 4.78 is 18.0. The minimum atomic E-state index is -1.04. The number of hydrogen-bond acceptors (Lipinski definition) is 6. The lowest BCUT2D eigenvalue weighted by Crippen LogP contribution is -2.22. The summed E-state index contributed by atoms with van der Waals surface area (Å²) in [7, 11) is 3.12. The molecule has 4 rings (SSSR count). The van der Waals surface area contributed by atoms with Crippen LogP contribution in [-0.2, 0) is 11.3 Å². The van der Waals surface area contributed by atoms with Gasteiger partial charge in [0.1, 0.15) is 17.1 Å². The number of nitrogens with zero attached hydrogens (tertiary/aromatic N) is 2. The first-order valence-corrected chi connectivity index (χ1v) is 11.0. The number of methoxy groups -OCH3 is 2. The number of pyridine rings is 1. The maximum atomic E-state index is 13.6. The molecular weight excluding hydrogens is 448 g/mol. The van der Waals surface area contributed by atoms with Crippen molar-refractivity contribution >= 4 is 22.8 Å². The first-order valence-electron chi connectivity index (χ1n) is 11.0. The molecule has 8 nitrogen and oxygen atoms in total. The first kappa shape index (κ1) is 23.8. The van der Waals surface area contributed by atoms with Crippen molar-refractivity contribution in [1.82, 2.24) is 9.55 Å². The Kier molecular flexibility index (Phi) is 6.73. The first-order chi connectivity index (χ1) is 16.8. The molecule has 0 fully saturated rings. The number of aromatic nitrogens is 2. The molecule has 35 heavy (non-hydrogen) atoms. The van der Waals surface area contributed by atoms with E-state index in [1.165, 1.54) is 6.92 Å². The zero-order chi connectivity index (χ0) is 25.1. The molecule has 8 heteroatoms. The molecule has 1 atom stereocenters. The van der Waals surface area contributed by atoms with E-state index in [0.717, 1.165) is 16.6 Å². The number of carbonyl (C=O) groups is 2. The molecule has 0 aliphatic carbocycles. The average molecular weight is 475 g/mol. The van der Waals surface area contributed by atoms with Crippen LogP contribution in [0.1, 0.15) is 34.1 Å². The van der Waals surface area contributed by atoms with Crippen molar-refractivity contribution in [2.75, 3.05) is 14.2 Å². The fourth-order valence-corrected chi connectivity index (χ4v) is 3.96. The van der Waals surface area contributed by atoms with Crippen LogP contribution in [-0.4, -0.2) is 46.7 Å². The maximum absolute atomic E-state index is 13.6. The lowest BCUT2D eigenvalue weighted by atomic mass is 10.0. The summed E-state index contributed by atoms with van der Waals surface area (Å²) in [4.78, 5) is 29.3. The van der Waals surface area contributed by atoms with Gasteiger partial charge in [0.15, 0.2) is 11.9 Å². The van der Waals surface area contributed by atoms with Gasteiger partial charge in [0.25, 0.3) is 0 Å². The van der Waals surface area contributed by atoms with Crippen molar-refractivity contribution in [3.63, 3.8) is 0 Å². The van der Waals surface area contributed by atoms with Gasteiger partial charge in [-0.1, -0.05) is 12.1 Å². The third kappa shape index (κ3) is 4.82. The van der Waals surface area contributed by atoms with E-state index in [4.69, 9.17) is 19.3 Å². The molecule has 0 aliphatic heterocycles. The standard InChI is InChI=1S/C27H26N2O6/c1-16-24(25(30)19-8-10-20(33-3)11-9-19)22-12-13-23(34-4)28-26(22)29(16)15-18-6-5-7-21(14-18)35-17(2)27(31)32/h5-14,17H,15H2,1-4H3,(H,31,32)/t17-/m1/s1. The second-order valence-electron chi connectivity index (χ2n) is 8.07. The Morgan fingerprint density at radius 2 is 1.74 bits per heavy atom. The number of fused-ring (bicyclic) bond motifs is 1. The second kappa shape index (κ2) is 9.89. The Hall–Kier alpha value is -4.33. The highest BCUT2D eigenvalue weighted by molar-refractivity contribution is 6.17. The number of hydrogen-bond donors (Lipinski definition) is 1. The molecule has 0 aliphatic rings. The number of carboxylic acids is 1. The highest BCUT2D eigenvalue weighted by atomic mass is 16.5. The molecule has 4 aromatic rings. The quantitative estimate of drug-likeness (QED) is 0.357. The normalized spacial score (nSPS) is 11.8. The molecule has 0 spiro atoms. The summed E-state index contributed by atoms with van der Waals surface area (Å²) >= 11 is 0. The zero-order valence-corrected chi connectivity index (χ0v) is 19.9. The lowest BCUT2D eigenvalue weighted by molar-refractivity contribution is -0.144. The Morgan fingerprint density at radius 3 is 2.40 bits per heavy atom. The summed E-state index contributed by atoms with van der Waals surface area (Å²) in [6.07, 6.45) is -0.973. The van der Waals surface area contributed by atoms with Gasteiger partial charge in [0.2, 0.25) is 5.88 Å². The van der Waals surface area contributed by atoms with Crippen LogP contribution in [0.4, 0.5) is 0 Å². The van der Waals surface area contributed by atoms with E-state index in [1.54, 1.807) is 62.8 Å². The van der Waals surface area contributed by atoms with Crippen LogP contribution in [0.15, 0.2) is 60.7 Å². The molecule has 180 valence electrons. The van der Waals surface area contributed by atoms with E-state index in [1.807, 2.05) is 23.6 Å². The molecule has 0 amide bonds. The third-order valence-corrected chi connectivity index (χ3v) is 5.83. The zero-order valence-electron chi connectivity index (χ0n) is 19.9. The van der Waals surface area contributed by atoms with Gasteiger partial charge < -0.3 is 23.9 Å². The van der Waals surface area contributed by atoms with E-state index in [2.05, 4.69) is 4.98 Å². The smallest absolute Gasteiger partial charge is 0.344 e. The van der Waals surface area contributed by atoms with Gasteiger partial charge in [-0.2, -0.15) is 4.98 Å². The van der Waals surface area contributed by atoms with E-state index in [-0.39, 0.29) is 5.78 Å². The van der Waals surface area contributed by atoms with Gasteiger partial charge in [-0.05, 0) is 61.9 Å². The van der Waals surface area contributed by atoms with Crippen molar-refractivity contribution < 1.29 is 28.9 Å². The SMILES string of the molecule is COc1ccc(C(=O)c2c(C)n(Cc3cccc(O[C@H](C)C(=O)O)c3)c3nc(OC)ccc23)cc1. The molecule has 1 N–H and O–H groups in total. The fraction of sp³-hybridized carbons (Fsp3) is 0.222. The van der Waals surface area contributed by atoms with E-state index < -0.39 is 12.1 Å². The van der Waals surface area contributed by atoms with Crippen molar-refractivity contribution in [2.24, 2.45) is 0 Å². The molecule has 0 bridgehead atoms. The predicted octanol–water partition coefficient (Wildman–Crippen LogP) is 4.49. The van der Waals surface area contributed by atoms with Crippen LogP contribution >= 0.6 is 0 Å². The Morgan fingerprint density at radius 1 is 1.00 bits per heavy atom. The monoisotopic (exact) mass is 474 g/mol. The summed E-state index contributed by atoms with van der Waals surface area (Å²) in [6, 6.07) is 17.8. The van der Waals surface area contributed by atoms with Crippen molar-refractivity contribution in [3.05, 3.63) is 83.0 Å². The van der Waals surface area contributed by atoms with Crippen molar-refractivity contribution in [2.45, 2.75) is 26.5 Å². The van der Waals surface area contributed by atoms with Crippen molar-refractivity contribution in [3.8, 4) is 17.4 Å². The van der Waals surface area contributed by atoms with Gasteiger partial charge in [-0.3, -0.25) is 4.79 Å². The highest BCUT2D eigenvalue weighted by Gasteiger charge is 2.23. The Labute approximate surface area is 202 Å². The number of carbonyl (C=O) groups excluding carboxylic acids is 1. The summed E-state index contributed by atoms with van der Waals surface area (Å²) in [5, 5.41) is 9.86. The van der Waals surface area contributed by atoms with E-state index in [9.17, 15) is 9.59 Å². The minimum Gasteiger partial charge on any atom is -0.497 e. The maximum Gasteiger partial charge on any atom is 0.344 e. The second-order valence-corrected chi connectivity index (χ2v) is 8.07. The third-order valence-electron chi connectivity index (χ3n) is 5.83. The molecule has 0 radical (unpaired) electrons. The molecule has 0 saturated carbocycles. The van der Waals surface area contributed by atoms with Crippen LogP contribution in [0.5, 0.6) is 17.4 Å². The van der Waals surface area contributed by atoms with Gasteiger partial charge >= 0.3 is 5.97 Å². The minimum absolute atomic E-state index is 0.117. The van der Waals surface area contributed by atoms with Crippen molar-refractivity contribution in [1.29, 1.82) is 0 Å². The highest BCUT2D eigenvalue weighted by Crippen LogP contribution is 2.30. The number of aliphatic carboxylic acids is 1. The van der Waals surface area contributed by atoms with Crippen LogP contribution in [0.3, 0.4) is 0 Å². The number of carboxylic acid groups (broad SMARTS) is 1. The average Bonchev–Trinajstić information content (AvgIpc) is 3.14. The Bertz CT molecular complexity index is 1390. The van der Waals surface area contributed by atoms with Crippen LogP contribution < -0.4 is 14.2 Å². The summed E-state index contributed by atoms with van der Waals surface area (Å²) in [6.45, 7) is 3.76. The molecular formula is C27H26N2O6. The van der Waals surface area contributed by atoms with E-state index in [0.29, 0.717) is 40.7 Å². The summed E-state index contributed by atoms with van der Waals surface area (Å²) in [5.74, 6) is 0.402. The van der Waals surface area contributed by atoms with E-state index >= 15 is 0 Å². The topological polar surface area (TPSA) is 99.9 Å². The van der Waals surface area contributed by atoms with Crippen LogP contribution in [0.2, 0.25) is 0 Å². The summed E-state index contributed by atoms with van der Waals surface area (Å²) in [5.41, 5.74) is 3.35. The lowest BCUT2D eigenvalue weighted by Gasteiger charge is -2.13. The molecule has 2 aromatic heterocycles. The number of ether oxygens (including phenoxy) is 3. The molecule has 2 aromatic carbocycles. The van der Waals surface area contributed by atoms with Gasteiger partial charge in [-0.25, -0.2) is 4.79 Å². The fourth-order valence-electron chi connectivity index (χ4n) is 3.96. The van der Waals surface area contributed by atoms with Crippen LogP contribution in [0.25, 0.3) is 11.0 Å². The van der Waals surface area contributed by atoms with Crippen LogP contribution in [0, 0.1) is 6.92 Å². The molecule has 0 unspecified atom stereocenters. The van der Waals surface area contributed by atoms with Gasteiger partial charge in [0, 0.05) is 29.3 Å². The molecule has 2 heterocycles. The molecule has 0 saturated heterocycles. The Balaban J connectivity index is 1.77. The number of benzene rings is 2. The number of rotatable bonds is 9.